The predicted molar refractivity (Wildman–Crippen MR) is 129 cm³/mol. The van der Waals surface area contributed by atoms with E-state index in [-0.39, 0.29) is 36.0 Å². The fourth-order valence-corrected chi connectivity index (χ4v) is 6.52. The third kappa shape index (κ3) is 5.49. The molecule has 0 amide bonds. The third-order valence-electron chi connectivity index (χ3n) is 8.97. The summed E-state index contributed by atoms with van der Waals surface area (Å²) in [4.78, 5) is 24.8. The number of cyclic esters (lactones) is 1. The second-order valence-corrected chi connectivity index (χ2v) is 11.1. The second kappa shape index (κ2) is 11.5. The number of hydrogen-bond donors (Lipinski definition) is 7. The Morgan fingerprint density at radius 1 is 1.19 bits per heavy atom. The van der Waals surface area contributed by atoms with Crippen molar-refractivity contribution in [2.75, 3.05) is 19.8 Å². The minimum Gasteiger partial charge on any atom is -0.458 e. The molecule has 0 aromatic carbocycles. The summed E-state index contributed by atoms with van der Waals surface area (Å²) >= 11 is 0. The normalized spacial score (nSPS) is 38.5. The van der Waals surface area contributed by atoms with Crippen LogP contribution in [0.2, 0.25) is 0 Å². The zero-order valence-corrected chi connectivity index (χ0v) is 21.3. The SMILES string of the molecule is C=C1CC[C@@H]2C(C)(CO)[C@H](O)CC[C@@]2(C)[C@@H]1C/C=C1/C(=O)OCC1OC(=O)[C@H](O)[C@@H](O)[C@H](O)[C@H](O)CO. The third-order valence-corrected chi connectivity index (χ3v) is 8.97. The second-order valence-electron chi connectivity index (χ2n) is 11.1. The summed E-state index contributed by atoms with van der Waals surface area (Å²) in [6.45, 7) is 6.95. The van der Waals surface area contributed by atoms with Crippen LogP contribution in [0.3, 0.4) is 0 Å². The zero-order chi connectivity index (χ0) is 27.7. The van der Waals surface area contributed by atoms with Gasteiger partial charge in [0.15, 0.2) is 12.2 Å². The van der Waals surface area contributed by atoms with Crippen LogP contribution in [-0.4, -0.2) is 104 Å². The number of carbonyl (C=O) groups excluding carboxylic acids is 2. The van der Waals surface area contributed by atoms with E-state index in [1.54, 1.807) is 6.08 Å². The van der Waals surface area contributed by atoms with Crippen LogP contribution in [0.25, 0.3) is 0 Å². The first-order valence-electron chi connectivity index (χ1n) is 12.7. The van der Waals surface area contributed by atoms with Crippen LogP contribution in [0.5, 0.6) is 0 Å². The van der Waals surface area contributed by atoms with Gasteiger partial charge >= 0.3 is 11.9 Å². The van der Waals surface area contributed by atoms with Gasteiger partial charge in [0.2, 0.25) is 0 Å². The van der Waals surface area contributed by atoms with Gasteiger partial charge < -0.3 is 45.2 Å². The van der Waals surface area contributed by atoms with Gasteiger partial charge in [0, 0.05) is 5.41 Å². The van der Waals surface area contributed by atoms with E-state index in [4.69, 9.17) is 14.6 Å². The summed E-state index contributed by atoms with van der Waals surface area (Å²) in [5.74, 6) is -2.06. The number of allylic oxidation sites excluding steroid dienone is 2. The van der Waals surface area contributed by atoms with Gasteiger partial charge in [-0.2, -0.15) is 0 Å². The first-order chi connectivity index (χ1) is 17.3. The molecule has 0 aromatic heterocycles. The summed E-state index contributed by atoms with van der Waals surface area (Å²) < 4.78 is 10.2. The Morgan fingerprint density at radius 2 is 1.86 bits per heavy atom. The van der Waals surface area contributed by atoms with Gasteiger partial charge in [-0.15, -0.1) is 0 Å². The lowest BCUT2D eigenvalue weighted by Gasteiger charge is -2.59. The lowest BCUT2D eigenvalue weighted by molar-refractivity contribution is -0.174. The van der Waals surface area contributed by atoms with E-state index in [1.807, 2.05) is 6.92 Å². The fraction of sp³-hybridized carbons (Fsp3) is 0.769. The number of ether oxygens (including phenoxy) is 2. The molecule has 1 heterocycles. The van der Waals surface area contributed by atoms with Crippen molar-refractivity contribution in [1.29, 1.82) is 0 Å². The molecule has 11 nitrogen and oxygen atoms in total. The highest BCUT2D eigenvalue weighted by atomic mass is 16.6. The minimum absolute atomic E-state index is 0.0316. The smallest absolute Gasteiger partial charge is 0.338 e. The summed E-state index contributed by atoms with van der Waals surface area (Å²) in [6.07, 6.45) is -5.17. The zero-order valence-electron chi connectivity index (χ0n) is 21.3. The van der Waals surface area contributed by atoms with Gasteiger partial charge in [-0.05, 0) is 49.4 Å². The van der Waals surface area contributed by atoms with Crippen LogP contribution < -0.4 is 0 Å². The van der Waals surface area contributed by atoms with Gasteiger partial charge in [-0.1, -0.05) is 32.1 Å². The lowest BCUT2D eigenvalue weighted by atomic mass is 9.46. The molecule has 2 saturated carbocycles. The Kier molecular flexibility index (Phi) is 9.22. The van der Waals surface area contributed by atoms with Crippen molar-refractivity contribution in [3.8, 4) is 0 Å². The minimum atomic E-state index is -2.24. The van der Waals surface area contributed by atoms with Crippen LogP contribution in [0.15, 0.2) is 23.8 Å². The monoisotopic (exact) mass is 528 g/mol. The predicted octanol–water partition coefficient (Wildman–Crippen LogP) is -1.05. The number of esters is 2. The molecule has 3 rings (SSSR count). The van der Waals surface area contributed by atoms with E-state index < -0.39 is 60.6 Å². The van der Waals surface area contributed by atoms with E-state index >= 15 is 0 Å². The fourth-order valence-electron chi connectivity index (χ4n) is 6.52. The number of hydrogen-bond acceptors (Lipinski definition) is 11. The number of aliphatic hydroxyl groups excluding tert-OH is 7. The summed E-state index contributed by atoms with van der Waals surface area (Å²) in [6, 6.07) is 0. The standard InChI is InChI=1S/C26H40O11/c1-13-4-7-18-25(2,9-8-19(30)26(18,3)12-28)15(13)6-5-14-17(11-36-23(14)34)37-24(35)22(33)21(32)20(31)16(29)10-27/h5,15-22,27-33H,1,4,6-12H2,2-3H3/b14-5+/t15-,16-,17?,18+,19-,20-,21+,22-,25+,26?/m1/s1. The maximum atomic E-state index is 12.4. The average molecular weight is 529 g/mol. The highest BCUT2D eigenvalue weighted by Crippen LogP contribution is 2.61. The lowest BCUT2D eigenvalue weighted by Crippen LogP contribution is -2.57. The van der Waals surface area contributed by atoms with Crippen molar-refractivity contribution < 1.29 is 54.8 Å². The topological polar surface area (TPSA) is 194 Å². The van der Waals surface area contributed by atoms with Crippen LogP contribution >= 0.6 is 0 Å². The summed E-state index contributed by atoms with van der Waals surface area (Å²) in [5.41, 5.74) is 0.128. The maximum Gasteiger partial charge on any atom is 0.338 e. The molecule has 0 spiro atoms. The van der Waals surface area contributed by atoms with Gasteiger partial charge in [-0.25, -0.2) is 9.59 Å². The van der Waals surface area contributed by atoms with Crippen molar-refractivity contribution in [2.24, 2.45) is 22.7 Å². The molecule has 2 unspecified atom stereocenters. The molecular weight excluding hydrogens is 488 g/mol. The molecule has 37 heavy (non-hydrogen) atoms. The van der Waals surface area contributed by atoms with Crippen LogP contribution in [0.4, 0.5) is 0 Å². The molecule has 2 aliphatic carbocycles. The van der Waals surface area contributed by atoms with E-state index in [1.165, 1.54) is 0 Å². The van der Waals surface area contributed by atoms with Gasteiger partial charge in [0.25, 0.3) is 0 Å². The Balaban J connectivity index is 1.76. The number of carbonyl (C=O) groups is 2. The Bertz CT molecular complexity index is 903. The highest BCUT2D eigenvalue weighted by molar-refractivity contribution is 5.92. The van der Waals surface area contributed by atoms with Crippen LogP contribution in [0.1, 0.15) is 46.0 Å². The highest BCUT2D eigenvalue weighted by Gasteiger charge is 2.57. The summed E-state index contributed by atoms with van der Waals surface area (Å²) in [5, 5.41) is 68.9. The first-order valence-corrected chi connectivity index (χ1v) is 12.7. The Hall–Kier alpha value is -1.86. The van der Waals surface area contributed by atoms with Crippen molar-refractivity contribution in [1.82, 2.24) is 0 Å². The van der Waals surface area contributed by atoms with Gasteiger partial charge in [0.05, 0.1) is 24.9 Å². The van der Waals surface area contributed by atoms with E-state index in [0.717, 1.165) is 18.4 Å². The summed E-state index contributed by atoms with van der Waals surface area (Å²) in [7, 11) is 0. The molecule has 7 N–H and O–H groups in total. The molecule has 11 heteroatoms. The Morgan fingerprint density at radius 3 is 2.49 bits per heavy atom. The maximum absolute atomic E-state index is 12.4. The molecular formula is C26H40O11. The van der Waals surface area contributed by atoms with Crippen molar-refractivity contribution in [3.63, 3.8) is 0 Å². The van der Waals surface area contributed by atoms with Gasteiger partial charge in [-0.3, -0.25) is 0 Å². The van der Waals surface area contributed by atoms with Crippen LogP contribution in [-0.2, 0) is 19.1 Å². The number of rotatable bonds is 9. The molecule has 3 fully saturated rings. The van der Waals surface area contributed by atoms with Crippen molar-refractivity contribution in [2.45, 2.75) is 82.6 Å². The molecule has 0 aromatic rings. The molecule has 1 saturated heterocycles. The molecule has 1 aliphatic heterocycles. The quantitative estimate of drug-likeness (QED) is 0.110. The largest absolute Gasteiger partial charge is 0.458 e. The van der Waals surface area contributed by atoms with E-state index in [9.17, 15) is 40.2 Å². The number of fused-ring (bicyclic) bond motifs is 1. The molecule has 0 radical (unpaired) electrons. The Labute approximate surface area is 216 Å². The van der Waals surface area contributed by atoms with Gasteiger partial charge in [0.1, 0.15) is 24.9 Å². The first kappa shape index (κ1) is 29.7. The number of aliphatic hydroxyl groups is 7. The molecule has 0 bridgehead atoms. The molecule has 3 aliphatic rings. The van der Waals surface area contributed by atoms with Crippen molar-refractivity contribution in [3.05, 3.63) is 23.8 Å². The van der Waals surface area contributed by atoms with E-state index in [2.05, 4.69) is 13.5 Å². The molecule has 10 atom stereocenters. The molecule has 210 valence electrons. The van der Waals surface area contributed by atoms with E-state index in [0.29, 0.717) is 19.3 Å². The van der Waals surface area contributed by atoms with Crippen molar-refractivity contribution >= 4 is 11.9 Å². The van der Waals surface area contributed by atoms with Crippen LogP contribution in [0, 0.1) is 22.7 Å². The average Bonchev–Trinajstić information content (AvgIpc) is 3.22.